The summed E-state index contributed by atoms with van der Waals surface area (Å²) in [6, 6.07) is 0. The molecule has 0 atom stereocenters. The Morgan fingerprint density at radius 2 is 2.33 bits per heavy atom. The molecular weight excluding hydrogens is 119 g/mol. The molecule has 0 unspecified atom stereocenters. The molecule has 0 heterocycles. The summed E-state index contributed by atoms with van der Waals surface area (Å²) < 4.78 is 0. The Morgan fingerprint density at radius 1 is 1.78 bits per heavy atom. The highest BCUT2D eigenvalue weighted by molar-refractivity contribution is 6.56. The first-order valence-electron chi connectivity index (χ1n) is 2.43. The number of rotatable bonds is 3. The quantitative estimate of drug-likeness (QED) is 0.321. The van der Waals surface area contributed by atoms with Gasteiger partial charge < -0.3 is 15.8 Å². The molecule has 4 nitrogen and oxygen atoms in total. The molecule has 0 saturated carbocycles. The Hall–Kier alpha value is -0.645. The monoisotopic (exact) mass is 128 g/mol. The van der Waals surface area contributed by atoms with Gasteiger partial charge >= 0.3 is 7.12 Å². The van der Waals surface area contributed by atoms with Gasteiger partial charge in [0.15, 0.2) is 0 Å². The SMILES string of the molecule is C=C(/C=N\CN)B(O)O. The second-order valence-electron chi connectivity index (χ2n) is 1.44. The third kappa shape index (κ3) is 3.90. The molecule has 50 valence electrons. The van der Waals surface area contributed by atoms with Crippen LogP contribution in [0.3, 0.4) is 0 Å². The molecule has 0 aromatic heterocycles. The lowest BCUT2D eigenvalue weighted by Crippen LogP contribution is -2.15. The van der Waals surface area contributed by atoms with E-state index in [0.29, 0.717) is 0 Å². The minimum absolute atomic E-state index is 0.131. The van der Waals surface area contributed by atoms with Gasteiger partial charge in [-0.1, -0.05) is 6.58 Å². The van der Waals surface area contributed by atoms with E-state index in [0.717, 1.165) is 0 Å². The van der Waals surface area contributed by atoms with Crippen molar-refractivity contribution >= 4 is 13.3 Å². The second kappa shape index (κ2) is 4.26. The van der Waals surface area contributed by atoms with Crippen molar-refractivity contribution in [3.8, 4) is 0 Å². The Balaban J connectivity index is 3.63. The first-order chi connectivity index (χ1) is 4.18. The van der Waals surface area contributed by atoms with Crippen LogP contribution < -0.4 is 5.73 Å². The second-order valence-corrected chi connectivity index (χ2v) is 1.44. The van der Waals surface area contributed by atoms with Gasteiger partial charge in [-0.2, -0.15) is 0 Å². The molecule has 0 aliphatic carbocycles. The van der Waals surface area contributed by atoms with Crippen LogP contribution >= 0.6 is 0 Å². The van der Waals surface area contributed by atoms with E-state index in [1.807, 2.05) is 0 Å². The van der Waals surface area contributed by atoms with Gasteiger partial charge in [-0.05, 0) is 5.47 Å². The molecule has 0 aromatic rings. The molecule has 0 amide bonds. The van der Waals surface area contributed by atoms with Crippen LogP contribution in [0.4, 0.5) is 0 Å². The number of hydrogen-bond donors (Lipinski definition) is 3. The van der Waals surface area contributed by atoms with Crippen LogP contribution in [-0.2, 0) is 0 Å². The van der Waals surface area contributed by atoms with E-state index in [4.69, 9.17) is 15.8 Å². The van der Waals surface area contributed by atoms with Gasteiger partial charge in [0.2, 0.25) is 0 Å². The van der Waals surface area contributed by atoms with E-state index in [-0.39, 0.29) is 12.1 Å². The summed E-state index contributed by atoms with van der Waals surface area (Å²) in [6.45, 7) is 3.42. The number of nitrogens with zero attached hydrogens (tertiary/aromatic N) is 1. The number of nitrogens with two attached hydrogens (primary N) is 1. The fourth-order valence-electron chi connectivity index (χ4n) is 0.237. The fourth-order valence-corrected chi connectivity index (χ4v) is 0.237. The highest BCUT2D eigenvalue weighted by atomic mass is 16.4. The van der Waals surface area contributed by atoms with Gasteiger partial charge in [0, 0.05) is 6.21 Å². The lowest BCUT2D eigenvalue weighted by atomic mass is 9.82. The van der Waals surface area contributed by atoms with Crippen molar-refractivity contribution in [2.24, 2.45) is 10.7 Å². The molecule has 0 aromatic carbocycles. The third-order valence-electron chi connectivity index (χ3n) is 0.694. The number of allylic oxidation sites excluding steroid dienone is 1. The van der Waals surface area contributed by atoms with Gasteiger partial charge in [-0.25, -0.2) is 0 Å². The maximum absolute atomic E-state index is 8.37. The smallest absolute Gasteiger partial charge is 0.423 e. The van der Waals surface area contributed by atoms with E-state index < -0.39 is 7.12 Å². The molecule has 0 saturated heterocycles. The van der Waals surface area contributed by atoms with Gasteiger partial charge in [-0.3, -0.25) is 4.99 Å². The predicted octanol–water partition coefficient (Wildman–Crippen LogP) is -1.46. The maximum Gasteiger partial charge on any atom is 0.489 e. The van der Waals surface area contributed by atoms with Crippen molar-refractivity contribution < 1.29 is 10.0 Å². The zero-order chi connectivity index (χ0) is 7.28. The molecule has 0 aliphatic heterocycles. The highest BCUT2D eigenvalue weighted by Gasteiger charge is 2.07. The van der Waals surface area contributed by atoms with E-state index in [1.54, 1.807) is 0 Å². The average molecular weight is 128 g/mol. The summed E-state index contributed by atoms with van der Waals surface area (Å²) in [5.41, 5.74) is 5.11. The van der Waals surface area contributed by atoms with E-state index in [2.05, 4.69) is 11.6 Å². The summed E-state index contributed by atoms with van der Waals surface area (Å²) in [6.07, 6.45) is 1.23. The van der Waals surface area contributed by atoms with Crippen molar-refractivity contribution in [1.29, 1.82) is 0 Å². The van der Waals surface area contributed by atoms with Crippen LogP contribution in [0.5, 0.6) is 0 Å². The van der Waals surface area contributed by atoms with Gasteiger partial charge in [0.25, 0.3) is 0 Å². The molecule has 5 heteroatoms. The molecule has 4 N–H and O–H groups in total. The maximum atomic E-state index is 8.37. The lowest BCUT2D eigenvalue weighted by molar-refractivity contribution is 0.422. The lowest BCUT2D eigenvalue weighted by Gasteiger charge is -1.92. The largest absolute Gasteiger partial charge is 0.489 e. The normalized spacial score (nSPS) is 10.1. The van der Waals surface area contributed by atoms with Gasteiger partial charge in [0.05, 0.1) is 6.67 Å². The number of aliphatic imine (C=N–C) groups is 1. The molecule has 0 spiro atoms. The molecule has 0 rings (SSSR count). The summed E-state index contributed by atoms with van der Waals surface area (Å²) in [5, 5.41) is 16.7. The van der Waals surface area contributed by atoms with Gasteiger partial charge in [0.1, 0.15) is 0 Å². The zero-order valence-electron chi connectivity index (χ0n) is 4.99. The number of hydrogen-bond acceptors (Lipinski definition) is 4. The molecular formula is C4H9BN2O2. The summed E-state index contributed by atoms with van der Waals surface area (Å²) >= 11 is 0. The summed E-state index contributed by atoms with van der Waals surface area (Å²) in [5.74, 6) is 0. The van der Waals surface area contributed by atoms with Crippen molar-refractivity contribution in [2.45, 2.75) is 0 Å². The van der Waals surface area contributed by atoms with Gasteiger partial charge in [-0.15, -0.1) is 0 Å². The minimum atomic E-state index is -1.53. The molecule has 0 bridgehead atoms. The van der Waals surface area contributed by atoms with Crippen LogP contribution in [0.1, 0.15) is 0 Å². The van der Waals surface area contributed by atoms with E-state index >= 15 is 0 Å². The van der Waals surface area contributed by atoms with Crippen LogP contribution in [0.15, 0.2) is 17.0 Å². The van der Waals surface area contributed by atoms with Crippen molar-refractivity contribution in [2.75, 3.05) is 6.67 Å². The first-order valence-corrected chi connectivity index (χ1v) is 2.43. The summed E-state index contributed by atoms with van der Waals surface area (Å²) in [4.78, 5) is 3.53. The van der Waals surface area contributed by atoms with E-state index in [9.17, 15) is 0 Å². The fraction of sp³-hybridized carbons (Fsp3) is 0.250. The topological polar surface area (TPSA) is 78.8 Å². The van der Waals surface area contributed by atoms with Crippen molar-refractivity contribution in [3.05, 3.63) is 12.1 Å². The predicted molar refractivity (Wildman–Crippen MR) is 36.9 cm³/mol. The van der Waals surface area contributed by atoms with Crippen LogP contribution in [0.25, 0.3) is 0 Å². The van der Waals surface area contributed by atoms with Crippen LogP contribution in [-0.4, -0.2) is 30.0 Å². The minimum Gasteiger partial charge on any atom is -0.423 e. The molecule has 0 aliphatic rings. The van der Waals surface area contributed by atoms with E-state index in [1.165, 1.54) is 6.21 Å². The average Bonchev–Trinajstić information content (AvgIpc) is 1.82. The Morgan fingerprint density at radius 3 is 2.67 bits per heavy atom. The Bertz CT molecular complexity index is 124. The van der Waals surface area contributed by atoms with Crippen LogP contribution in [0.2, 0.25) is 0 Å². The standard InChI is InChI=1S/C4H9BN2O2/c1-4(5(8)9)2-7-3-6/h2,8-9H,1,3,6H2/b7-2-. The first kappa shape index (κ1) is 8.35. The Labute approximate surface area is 53.9 Å². The molecule has 0 radical (unpaired) electrons. The highest BCUT2D eigenvalue weighted by Crippen LogP contribution is 1.84. The third-order valence-corrected chi connectivity index (χ3v) is 0.694. The van der Waals surface area contributed by atoms with Crippen molar-refractivity contribution in [3.63, 3.8) is 0 Å². The van der Waals surface area contributed by atoms with Crippen molar-refractivity contribution in [1.82, 2.24) is 0 Å². The van der Waals surface area contributed by atoms with Crippen LogP contribution in [0, 0.1) is 0 Å². The Kier molecular flexibility index (Phi) is 3.95. The summed E-state index contributed by atoms with van der Waals surface area (Å²) in [7, 11) is -1.53. The zero-order valence-corrected chi connectivity index (χ0v) is 4.99. The molecule has 9 heavy (non-hydrogen) atoms. The molecule has 0 fully saturated rings.